The molecule has 0 amide bonds. The number of ketones is 1. The number of rotatable bonds is 13. The smallest absolute Gasteiger partial charge is 0.305 e. The van der Waals surface area contributed by atoms with Gasteiger partial charge in [-0.05, 0) is 18.8 Å². The number of carbonyl (C=O) groups excluding carboxylic acids is 2. The Morgan fingerprint density at radius 3 is 2.24 bits per heavy atom. The van der Waals surface area contributed by atoms with E-state index in [1.165, 1.54) is 25.7 Å². The molecule has 0 N–H and O–H groups in total. The third-order valence-electron chi connectivity index (χ3n) is 3.97. The lowest BCUT2D eigenvalue weighted by atomic mass is 9.99. The minimum atomic E-state index is -0.154. The Morgan fingerprint density at radius 1 is 0.952 bits per heavy atom. The number of esters is 1. The maximum Gasteiger partial charge on any atom is 0.305 e. The molecule has 1 atom stereocenters. The van der Waals surface area contributed by atoms with Gasteiger partial charge < -0.3 is 4.74 Å². The molecule has 124 valence electrons. The molecule has 0 fully saturated rings. The van der Waals surface area contributed by atoms with Crippen LogP contribution in [0.15, 0.2) is 0 Å². The van der Waals surface area contributed by atoms with Crippen molar-refractivity contribution in [2.75, 3.05) is 6.61 Å². The molecule has 1 unspecified atom stereocenters. The van der Waals surface area contributed by atoms with Gasteiger partial charge in [-0.3, -0.25) is 9.59 Å². The van der Waals surface area contributed by atoms with E-state index in [0.29, 0.717) is 31.8 Å². The molecule has 0 spiro atoms. The second-order valence-electron chi connectivity index (χ2n) is 6.28. The summed E-state index contributed by atoms with van der Waals surface area (Å²) in [7, 11) is 0. The molecule has 0 aromatic rings. The summed E-state index contributed by atoms with van der Waals surface area (Å²) in [5.41, 5.74) is 0. The molecule has 0 radical (unpaired) electrons. The molecule has 0 saturated heterocycles. The molecule has 0 aliphatic heterocycles. The Hall–Kier alpha value is -0.860. The molecule has 3 heteroatoms. The lowest BCUT2D eigenvalue weighted by Crippen LogP contribution is -2.14. The van der Waals surface area contributed by atoms with Crippen LogP contribution in [0.5, 0.6) is 0 Å². The molecule has 0 heterocycles. The highest BCUT2D eigenvalue weighted by molar-refractivity contribution is 5.80. The number of ether oxygens (including phenoxy) is 1. The van der Waals surface area contributed by atoms with Crippen LogP contribution in [0.4, 0.5) is 0 Å². The summed E-state index contributed by atoms with van der Waals surface area (Å²) in [4.78, 5) is 23.1. The predicted molar refractivity (Wildman–Crippen MR) is 87.2 cm³/mol. The van der Waals surface area contributed by atoms with Crippen LogP contribution in [0.25, 0.3) is 0 Å². The first-order chi connectivity index (χ1) is 10.0. The minimum absolute atomic E-state index is 0.0635. The van der Waals surface area contributed by atoms with Gasteiger partial charge in [0.2, 0.25) is 0 Å². The Kier molecular flexibility index (Phi) is 12.3. The first-order valence-electron chi connectivity index (χ1n) is 8.69. The maximum atomic E-state index is 11.7. The van der Waals surface area contributed by atoms with Crippen LogP contribution < -0.4 is 0 Å². The van der Waals surface area contributed by atoms with Crippen molar-refractivity contribution in [2.24, 2.45) is 11.8 Å². The highest BCUT2D eigenvalue weighted by Crippen LogP contribution is 2.15. The molecule has 0 bridgehead atoms. The molecular formula is C18H34O3. The Morgan fingerprint density at radius 2 is 1.67 bits per heavy atom. The Labute approximate surface area is 130 Å². The van der Waals surface area contributed by atoms with E-state index >= 15 is 0 Å². The van der Waals surface area contributed by atoms with E-state index in [4.69, 9.17) is 4.74 Å². The van der Waals surface area contributed by atoms with E-state index in [1.54, 1.807) is 0 Å². The predicted octanol–water partition coefficient (Wildman–Crippen LogP) is 4.92. The highest BCUT2D eigenvalue weighted by atomic mass is 16.5. The number of hydrogen-bond donors (Lipinski definition) is 0. The molecule has 3 nitrogen and oxygen atoms in total. The maximum absolute atomic E-state index is 11.7. The van der Waals surface area contributed by atoms with E-state index in [2.05, 4.69) is 13.8 Å². The Bertz CT molecular complexity index is 284. The lowest BCUT2D eigenvalue weighted by Gasteiger charge is -2.15. The summed E-state index contributed by atoms with van der Waals surface area (Å²) in [5, 5.41) is 0. The molecule has 0 aliphatic carbocycles. The fourth-order valence-electron chi connectivity index (χ4n) is 2.24. The zero-order chi connectivity index (χ0) is 16.1. The minimum Gasteiger partial charge on any atom is -0.465 e. The summed E-state index contributed by atoms with van der Waals surface area (Å²) in [6.45, 7) is 8.69. The van der Waals surface area contributed by atoms with Crippen LogP contribution in [0.1, 0.15) is 85.5 Å². The number of unbranched alkanes of at least 4 members (excludes halogenated alkanes) is 3. The molecular weight excluding hydrogens is 264 g/mol. The number of Topliss-reactive ketones (excluding diaryl/α,β-unsaturated/α-hetero) is 1. The van der Waals surface area contributed by atoms with Gasteiger partial charge in [-0.15, -0.1) is 0 Å². The zero-order valence-corrected chi connectivity index (χ0v) is 14.5. The van der Waals surface area contributed by atoms with Crippen molar-refractivity contribution in [3.63, 3.8) is 0 Å². The first kappa shape index (κ1) is 20.1. The van der Waals surface area contributed by atoms with E-state index in [-0.39, 0.29) is 17.7 Å². The highest BCUT2D eigenvalue weighted by Gasteiger charge is 2.12. The fourth-order valence-corrected chi connectivity index (χ4v) is 2.24. The molecule has 0 aliphatic rings. The third-order valence-corrected chi connectivity index (χ3v) is 3.97. The van der Waals surface area contributed by atoms with Gasteiger partial charge in [0, 0.05) is 18.8 Å². The summed E-state index contributed by atoms with van der Waals surface area (Å²) in [6, 6.07) is 0. The first-order valence-corrected chi connectivity index (χ1v) is 8.69. The van der Waals surface area contributed by atoms with Crippen molar-refractivity contribution in [1.82, 2.24) is 0 Å². The van der Waals surface area contributed by atoms with Gasteiger partial charge in [-0.25, -0.2) is 0 Å². The van der Waals surface area contributed by atoms with Crippen LogP contribution in [0, 0.1) is 11.8 Å². The quantitative estimate of drug-likeness (QED) is 0.358. The van der Waals surface area contributed by atoms with Crippen molar-refractivity contribution in [3.8, 4) is 0 Å². The van der Waals surface area contributed by atoms with Crippen LogP contribution >= 0.6 is 0 Å². The van der Waals surface area contributed by atoms with Gasteiger partial charge in [0.1, 0.15) is 5.78 Å². The van der Waals surface area contributed by atoms with E-state index < -0.39 is 0 Å². The summed E-state index contributed by atoms with van der Waals surface area (Å²) in [6.07, 6.45) is 8.72. The van der Waals surface area contributed by atoms with Gasteiger partial charge in [0.15, 0.2) is 0 Å². The molecule has 0 aromatic heterocycles. The average Bonchev–Trinajstić information content (AvgIpc) is 2.46. The Balaban J connectivity index is 3.71. The number of carbonyl (C=O) groups is 2. The van der Waals surface area contributed by atoms with E-state index in [1.807, 2.05) is 13.8 Å². The second kappa shape index (κ2) is 12.8. The molecule has 0 aromatic carbocycles. The fraction of sp³-hybridized carbons (Fsp3) is 0.889. The standard InChI is InChI=1S/C18H34O3/c1-5-7-8-9-11-16(6-2)14-21-18(20)13-10-12-17(19)15(3)4/h15-16H,5-14H2,1-4H3. The van der Waals surface area contributed by atoms with E-state index in [9.17, 15) is 9.59 Å². The summed E-state index contributed by atoms with van der Waals surface area (Å²) < 4.78 is 5.34. The van der Waals surface area contributed by atoms with Gasteiger partial charge in [0.05, 0.1) is 6.61 Å². The summed E-state index contributed by atoms with van der Waals surface area (Å²) in [5.74, 6) is 0.625. The topological polar surface area (TPSA) is 43.4 Å². The van der Waals surface area contributed by atoms with Crippen LogP contribution in [0.2, 0.25) is 0 Å². The number of hydrogen-bond acceptors (Lipinski definition) is 3. The average molecular weight is 298 g/mol. The molecule has 0 saturated carbocycles. The van der Waals surface area contributed by atoms with Gasteiger partial charge in [0.25, 0.3) is 0 Å². The van der Waals surface area contributed by atoms with Crippen molar-refractivity contribution in [3.05, 3.63) is 0 Å². The van der Waals surface area contributed by atoms with Gasteiger partial charge in [-0.2, -0.15) is 0 Å². The largest absolute Gasteiger partial charge is 0.465 e. The van der Waals surface area contributed by atoms with Crippen molar-refractivity contribution in [2.45, 2.75) is 85.5 Å². The van der Waals surface area contributed by atoms with Crippen molar-refractivity contribution < 1.29 is 14.3 Å². The monoisotopic (exact) mass is 298 g/mol. The SMILES string of the molecule is CCCCCCC(CC)COC(=O)CCCC(=O)C(C)C. The normalized spacial score (nSPS) is 12.4. The van der Waals surface area contributed by atoms with Crippen LogP contribution in [-0.4, -0.2) is 18.4 Å². The zero-order valence-electron chi connectivity index (χ0n) is 14.5. The lowest BCUT2D eigenvalue weighted by molar-refractivity contribution is -0.145. The van der Waals surface area contributed by atoms with Gasteiger partial charge in [-0.1, -0.05) is 59.8 Å². The van der Waals surface area contributed by atoms with Crippen LogP contribution in [-0.2, 0) is 14.3 Å². The van der Waals surface area contributed by atoms with Gasteiger partial charge >= 0.3 is 5.97 Å². The van der Waals surface area contributed by atoms with Crippen LogP contribution in [0.3, 0.4) is 0 Å². The third kappa shape index (κ3) is 11.5. The molecule has 0 rings (SSSR count). The van der Waals surface area contributed by atoms with E-state index in [0.717, 1.165) is 12.8 Å². The second-order valence-corrected chi connectivity index (χ2v) is 6.28. The van der Waals surface area contributed by atoms with Crippen molar-refractivity contribution in [1.29, 1.82) is 0 Å². The van der Waals surface area contributed by atoms with Crippen molar-refractivity contribution >= 4 is 11.8 Å². The summed E-state index contributed by atoms with van der Waals surface area (Å²) >= 11 is 0. The molecule has 21 heavy (non-hydrogen) atoms.